The second-order valence-corrected chi connectivity index (χ2v) is 9.23. The largest absolute Gasteiger partial charge is 0.494 e. The number of carbonyl (C=O) groups is 1. The van der Waals surface area contributed by atoms with Crippen molar-refractivity contribution in [2.45, 2.75) is 58.4 Å². The molecule has 1 heterocycles. The van der Waals surface area contributed by atoms with Gasteiger partial charge in [0.25, 0.3) is 5.69 Å². The predicted octanol–water partition coefficient (Wildman–Crippen LogP) is 6.35. The van der Waals surface area contributed by atoms with Crippen molar-refractivity contribution >= 4 is 28.5 Å². The zero-order valence-electron chi connectivity index (χ0n) is 20.2. The van der Waals surface area contributed by atoms with Crippen LogP contribution in [0.4, 0.5) is 22.7 Å². The van der Waals surface area contributed by atoms with E-state index in [2.05, 4.69) is 35.9 Å². The number of rotatable bonds is 8. The number of methoxy groups -OCH3 is 1. The Kier molecular flexibility index (Phi) is 7.30. The Morgan fingerprint density at radius 2 is 2.00 bits per heavy atom. The molecule has 34 heavy (non-hydrogen) atoms. The topological polar surface area (TPSA) is 121 Å². The van der Waals surface area contributed by atoms with Crippen LogP contribution in [0.25, 0.3) is 0 Å². The molecular weight excluding hydrogens is 434 g/mol. The minimum absolute atomic E-state index is 0.0710. The highest BCUT2D eigenvalue weighted by Crippen LogP contribution is 2.48. The number of fused-ring (bicyclic) bond motifs is 1. The molecule has 0 bridgehead atoms. The number of nitrogens with zero attached hydrogens (tertiary/aromatic N) is 5. The number of azo groups is 1. The number of ketones is 1. The first kappa shape index (κ1) is 24.8. The van der Waals surface area contributed by atoms with E-state index in [1.165, 1.54) is 18.2 Å². The molecule has 0 amide bonds. The molecule has 3 rings (SSSR count). The van der Waals surface area contributed by atoms with Gasteiger partial charge in [0.05, 0.1) is 17.6 Å². The van der Waals surface area contributed by atoms with Crippen LogP contribution in [0.15, 0.2) is 40.6 Å². The molecule has 2 aromatic carbocycles. The molecule has 0 N–H and O–H groups in total. The van der Waals surface area contributed by atoms with Gasteiger partial charge in [-0.15, -0.1) is 10.2 Å². The van der Waals surface area contributed by atoms with E-state index < -0.39 is 4.92 Å². The smallest absolute Gasteiger partial charge is 0.270 e. The lowest BCUT2D eigenvalue weighted by atomic mass is 9.79. The summed E-state index contributed by atoms with van der Waals surface area (Å²) in [5.41, 5.74) is 2.73. The Morgan fingerprint density at radius 3 is 2.62 bits per heavy atom. The Bertz CT molecular complexity index is 1180. The molecule has 1 unspecified atom stereocenters. The van der Waals surface area contributed by atoms with Gasteiger partial charge in [0, 0.05) is 42.4 Å². The van der Waals surface area contributed by atoms with Gasteiger partial charge in [-0.1, -0.05) is 6.92 Å². The van der Waals surface area contributed by atoms with Crippen molar-refractivity contribution < 1.29 is 14.5 Å². The number of ether oxygens (including phenoxy) is 1. The van der Waals surface area contributed by atoms with Gasteiger partial charge >= 0.3 is 0 Å². The third kappa shape index (κ3) is 5.22. The quantitative estimate of drug-likeness (QED) is 0.255. The molecule has 2 aromatic rings. The van der Waals surface area contributed by atoms with Gasteiger partial charge in [-0.05, 0) is 57.2 Å². The average molecular weight is 464 g/mol. The molecule has 0 aromatic heterocycles. The third-order valence-corrected chi connectivity index (χ3v) is 6.17. The zero-order chi connectivity index (χ0) is 25.0. The highest BCUT2D eigenvalue weighted by molar-refractivity contribution is 5.75. The fraction of sp³-hybridized carbons (Fsp3) is 0.440. The predicted molar refractivity (Wildman–Crippen MR) is 129 cm³/mol. The normalized spacial score (nSPS) is 16.7. The summed E-state index contributed by atoms with van der Waals surface area (Å²) < 4.78 is 5.61. The second kappa shape index (κ2) is 10.00. The van der Waals surface area contributed by atoms with Gasteiger partial charge in [0.2, 0.25) is 0 Å². The molecule has 1 aliphatic heterocycles. The van der Waals surface area contributed by atoms with E-state index in [4.69, 9.17) is 4.74 Å². The summed E-state index contributed by atoms with van der Waals surface area (Å²) in [7, 11) is 1.56. The standard InChI is InChI=1S/C25H29N5O4/c1-16-14-25(3,4)29(10-6-7-17(2)31)23-13-24(34-5)22(12-20(16)23)28-27-21-9-8-19(30(32)33)11-18(21)15-26/h8-9,11-13,16H,6-7,10,14H2,1-5H3. The minimum Gasteiger partial charge on any atom is -0.494 e. The number of non-ortho nitro benzene ring substituents is 1. The first-order valence-corrected chi connectivity index (χ1v) is 11.2. The van der Waals surface area contributed by atoms with Gasteiger partial charge in [-0.25, -0.2) is 0 Å². The molecule has 1 aliphatic rings. The fourth-order valence-corrected chi connectivity index (χ4v) is 4.57. The molecule has 178 valence electrons. The summed E-state index contributed by atoms with van der Waals surface area (Å²) in [6.45, 7) is 8.95. The van der Waals surface area contributed by atoms with Crippen LogP contribution in [0.3, 0.4) is 0 Å². The van der Waals surface area contributed by atoms with Gasteiger partial charge in [0.15, 0.2) is 0 Å². The van der Waals surface area contributed by atoms with Gasteiger partial charge in [0.1, 0.15) is 29.0 Å². The molecule has 9 nitrogen and oxygen atoms in total. The molecular formula is C25H29N5O4. The third-order valence-electron chi connectivity index (χ3n) is 6.17. The van der Waals surface area contributed by atoms with Crippen LogP contribution >= 0.6 is 0 Å². The summed E-state index contributed by atoms with van der Waals surface area (Å²) in [5.74, 6) is 0.979. The van der Waals surface area contributed by atoms with Crippen LogP contribution in [0.5, 0.6) is 5.75 Å². The summed E-state index contributed by atoms with van der Waals surface area (Å²) in [6.07, 6.45) is 2.24. The lowest BCUT2D eigenvalue weighted by Gasteiger charge is -2.48. The van der Waals surface area contributed by atoms with Gasteiger partial charge in [-0.2, -0.15) is 5.26 Å². The van der Waals surface area contributed by atoms with Crippen molar-refractivity contribution in [1.29, 1.82) is 5.26 Å². The van der Waals surface area contributed by atoms with E-state index in [0.29, 0.717) is 17.9 Å². The van der Waals surface area contributed by atoms with Crippen LogP contribution in [0.1, 0.15) is 64.0 Å². The number of Topliss-reactive ketones (excluding diaryl/α,β-unsaturated/α-hetero) is 1. The number of anilines is 1. The van der Waals surface area contributed by atoms with E-state index >= 15 is 0 Å². The Labute approximate surface area is 199 Å². The van der Waals surface area contributed by atoms with E-state index in [-0.39, 0.29) is 34.2 Å². The molecule has 0 radical (unpaired) electrons. The molecule has 0 aliphatic carbocycles. The first-order chi connectivity index (χ1) is 16.1. The fourth-order valence-electron chi connectivity index (χ4n) is 4.57. The Morgan fingerprint density at radius 1 is 1.29 bits per heavy atom. The monoisotopic (exact) mass is 463 g/mol. The summed E-state index contributed by atoms with van der Waals surface area (Å²) in [6, 6.07) is 9.73. The van der Waals surface area contributed by atoms with E-state index in [1.807, 2.05) is 18.2 Å². The number of hydrogen-bond donors (Lipinski definition) is 0. The van der Waals surface area contributed by atoms with Crippen molar-refractivity contribution in [3.63, 3.8) is 0 Å². The van der Waals surface area contributed by atoms with Crippen LogP contribution < -0.4 is 9.64 Å². The maximum atomic E-state index is 11.5. The second-order valence-electron chi connectivity index (χ2n) is 9.23. The van der Waals surface area contributed by atoms with Crippen molar-refractivity contribution in [2.24, 2.45) is 10.2 Å². The number of nitro groups is 1. The number of hydrogen-bond acceptors (Lipinski definition) is 8. The zero-order valence-corrected chi connectivity index (χ0v) is 20.2. The molecule has 0 saturated carbocycles. The molecule has 9 heteroatoms. The van der Waals surface area contributed by atoms with Crippen LogP contribution in [-0.4, -0.2) is 29.9 Å². The van der Waals surface area contributed by atoms with Crippen molar-refractivity contribution in [2.75, 3.05) is 18.6 Å². The average Bonchev–Trinajstić information content (AvgIpc) is 2.78. The minimum atomic E-state index is -0.556. The van der Waals surface area contributed by atoms with Crippen LogP contribution in [0, 0.1) is 21.4 Å². The SMILES string of the molecule is COc1cc2c(cc1N=Nc1ccc([N+](=O)[O-])cc1C#N)C(C)CC(C)(C)N2CCCC(C)=O. The van der Waals surface area contributed by atoms with Crippen molar-refractivity contribution in [3.8, 4) is 11.8 Å². The Hall–Kier alpha value is -3.80. The highest BCUT2D eigenvalue weighted by atomic mass is 16.6. The molecule has 0 spiro atoms. The maximum Gasteiger partial charge on any atom is 0.270 e. The van der Waals surface area contributed by atoms with Crippen molar-refractivity contribution in [1.82, 2.24) is 0 Å². The van der Waals surface area contributed by atoms with E-state index in [0.717, 1.165) is 30.6 Å². The van der Waals surface area contributed by atoms with Crippen molar-refractivity contribution in [3.05, 3.63) is 51.6 Å². The van der Waals surface area contributed by atoms with E-state index in [9.17, 15) is 20.2 Å². The maximum absolute atomic E-state index is 11.5. The van der Waals surface area contributed by atoms with E-state index in [1.54, 1.807) is 14.0 Å². The summed E-state index contributed by atoms with van der Waals surface area (Å²) >= 11 is 0. The van der Waals surface area contributed by atoms with Gasteiger partial charge in [-0.3, -0.25) is 10.1 Å². The highest BCUT2D eigenvalue weighted by Gasteiger charge is 2.37. The summed E-state index contributed by atoms with van der Waals surface area (Å²) in [4.78, 5) is 24.2. The van der Waals surface area contributed by atoms with Gasteiger partial charge < -0.3 is 14.4 Å². The number of nitriles is 1. The van der Waals surface area contributed by atoms with Crippen LogP contribution in [-0.2, 0) is 4.79 Å². The molecule has 1 atom stereocenters. The summed E-state index contributed by atoms with van der Waals surface area (Å²) in [5, 5.41) is 28.9. The molecule has 0 saturated heterocycles. The Balaban J connectivity index is 2.01. The first-order valence-electron chi connectivity index (χ1n) is 11.2. The number of carbonyl (C=O) groups excluding carboxylic acids is 1. The number of benzene rings is 2. The lowest BCUT2D eigenvalue weighted by Crippen LogP contribution is -2.48. The van der Waals surface area contributed by atoms with Crippen LogP contribution in [0.2, 0.25) is 0 Å². The lowest BCUT2D eigenvalue weighted by molar-refractivity contribution is -0.384. The number of nitro benzene ring substituents is 1. The molecule has 0 fully saturated rings.